The second-order valence-corrected chi connectivity index (χ2v) is 8.94. The largest absolute Gasteiger partial charge is 0.481 e. The normalized spacial score (nSPS) is 24.2. The van der Waals surface area contributed by atoms with Gasteiger partial charge in [0, 0.05) is 43.1 Å². The summed E-state index contributed by atoms with van der Waals surface area (Å²) in [6.07, 6.45) is 0.434. The molecular weight excluding hydrogens is 438 g/mol. The Balaban J connectivity index is 1.35. The van der Waals surface area contributed by atoms with E-state index >= 15 is 0 Å². The summed E-state index contributed by atoms with van der Waals surface area (Å²) in [4.78, 5) is 64.8. The Hall–Kier alpha value is -4.01. The van der Waals surface area contributed by atoms with Crippen LogP contribution in [0.3, 0.4) is 0 Å². The van der Waals surface area contributed by atoms with Gasteiger partial charge in [0.2, 0.25) is 11.8 Å². The number of carboxylic acid groups (broad SMARTS) is 1. The molecule has 0 radical (unpaired) electrons. The molecule has 0 aromatic heterocycles. The molecule has 3 atom stereocenters. The van der Waals surface area contributed by atoms with E-state index in [1.54, 1.807) is 12.1 Å². The highest BCUT2D eigenvalue weighted by Crippen LogP contribution is 2.34. The third-order valence-electron chi connectivity index (χ3n) is 6.93. The quantitative estimate of drug-likeness (QED) is 0.663. The average molecular weight is 461 g/mol. The molecule has 0 bridgehead atoms. The van der Waals surface area contributed by atoms with Gasteiger partial charge < -0.3 is 14.9 Å². The Bertz CT molecular complexity index is 1210. The highest BCUT2D eigenvalue weighted by Gasteiger charge is 2.42. The molecule has 5 rings (SSSR count). The van der Waals surface area contributed by atoms with E-state index in [2.05, 4.69) is 5.32 Å². The van der Waals surface area contributed by atoms with E-state index in [9.17, 15) is 29.1 Å². The fraction of sp³-hybridized carbons (Fsp3) is 0.320. The molecule has 174 valence electrons. The van der Waals surface area contributed by atoms with E-state index in [0.29, 0.717) is 16.7 Å². The van der Waals surface area contributed by atoms with Gasteiger partial charge in [0.25, 0.3) is 11.8 Å². The SMILES string of the molecule is O=C1CCC(N2Cc3ccc(C(=O)N4C[C@@H](C(=O)O)[C@H](c5ccccc5)C4)cc3C2=O)C(=O)N1. The minimum absolute atomic E-state index is 0.0845. The number of amides is 4. The van der Waals surface area contributed by atoms with Gasteiger partial charge in [0.15, 0.2) is 0 Å². The van der Waals surface area contributed by atoms with Crippen molar-refractivity contribution < 1.29 is 29.1 Å². The maximum Gasteiger partial charge on any atom is 0.308 e. The lowest BCUT2D eigenvalue weighted by Crippen LogP contribution is -2.52. The molecular formula is C25H23N3O6. The van der Waals surface area contributed by atoms with Crippen molar-refractivity contribution in [3.63, 3.8) is 0 Å². The van der Waals surface area contributed by atoms with Crippen LogP contribution in [0.15, 0.2) is 48.5 Å². The summed E-state index contributed by atoms with van der Waals surface area (Å²) in [6, 6.07) is 13.4. The number of likely N-dealkylation sites (tertiary alicyclic amines) is 1. The summed E-state index contributed by atoms with van der Waals surface area (Å²) in [5.74, 6) is -3.51. The number of fused-ring (bicyclic) bond motifs is 1. The van der Waals surface area contributed by atoms with Crippen LogP contribution in [0.25, 0.3) is 0 Å². The molecule has 9 nitrogen and oxygen atoms in total. The highest BCUT2D eigenvalue weighted by atomic mass is 16.4. The van der Waals surface area contributed by atoms with Gasteiger partial charge >= 0.3 is 5.97 Å². The molecule has 2 aromatic carbocycles. The monoisotopic (exact) mass is 461 g/mol. The predicted molar refractivity (Wildman–Crippen MR) is 119 cm³/mol. The van der Waals surface area contributed by atoms with E-state index < -0.39 is 23.8 Å². The van der Waals surface area contributed by atoms with Crippen LogP contribution in [0.2, 0.25) is 0 Å². The van der Waals surface area contributed by atoms with Crippen LogP contribution in [-0.2, 0) is 20.9 Å². The third kappa shape index (κ3) is 3.72. The van der Waals surface area contributed by atoms with Crippen molar-refractivity contribution >= 4 is 29.6 Å². The van der Waals surface area contributed by atoms with Crippen molar-refractivity contribution in [3.05, 3.63) is 70.8 Å². The number of imide groups is 1. The first-order chi connectivity index (χ1) is 16.3. The van der Waals surface area contributed by atoms with Crippen LogP contribution in [-0.4, -0.2) is 63.6 Å². The Morgan fingerprint density at radius 3 is 2.47 bits per heavy atom. The van der Waals surface area contributed by atoms with Crippen molar-refractivity contribution in [1.29, 1.82) is 0 Å². The summed E-state index contributed by atoms with van der Waals surface area (Å²) in [7, 11) is 0. The lowest BCUT2D eigenvalue weighted by Gasteiger charge is -2.29. The van der Waals surface area contributed by atoms with Crippen LogP contribution in [0.1, 0.15) is 50.6 Å². The van der Waals surface area contributed by atoms with Gasteiger partial charge in [0.05, 0.1) is 5.92 Å². The summed E-state index contributed by atoms with van der Waals surface area (Å²) in [5.41, 5.74) is 2.23. The zero-order chi connectivity index (χ0) is 24.0. The first-order valence-electron chi connectivity index (χ1n) is 11.2. The van der Waals surface area contributed by atoms with Gasteiger partial charge in [-0.25, -0.2) is 0 Å². The number of rotatable bonds is 4. The number of nitrogens with zero attached hydrogens (tertiary/aromatic N) is 2. The zero-order valence-corrected chi connectivity index (χ0v) is 18.3. The summed E-state index contributed by atoms with van der Waals surface area (Å²) >= 11 is 0. The molecule has 2 saturated heterocycles. The van der Waals surface area contributed by atoms with Crippen molar-refractivity contribution in [2.45, 2.75) is 31.3 Å². The third-order valence-corrected chi connectivity index (χ3v) is 6.93. The maximum atomic E-state index is 13.3. The number of carboxylic acids is 1. The van der Waals surface area contributed by atoms with Gasteiger partial charge in [-0.15, -0.1) is 0 Å². The first-order valence-corrected chi connectivity index (χ1v) is 11.2. The zero-order valence-electron chi connectivity index (χ0n) is 18.3. The molecule has 4 amide bonds. The van der Waals surface area contributed by atoms with Gasteiger partial charge in [-0.1, -0.05) is 36.4 Å². The first kappa shape index (κ1) is 21.8. The summed E-state index contributed by atoms with van der Waals surface area (Å²) < 4.78 is 0. The fourth-order valence-electron chi connectivity index (χ4n) is 5.13. The van der Waals surface area contributed by atoms with Crippen molar-refractivity contribution in [2.24, 2.45) is 5.92 Å². The molecule has 3 aliphatic heterocycles. The minimum Gasteiger partial charge on any atom is -0.481 e. The topological polar surface area (TPSA) is 124 Å². The van der Waals surface area contributed by atoms with Crippen LogP contribution < -0.4 is 5.32 Å². The maximum absolute atomic E-state index is 13.3. The molecule has 2 aromatic rings. The molecule has 0 saturated carbocycles. The summed E-state index contributed by atoms with van der Waals surface area (Å²) in [5, 5.41) is 12.0. The molecule has 0 spiro atoms. The van der Waals surface area contributed by atoms with Crippen LogP contribution >= 0.6 is 0 Å². The van der Waals surface area contributed by atoms with E-state index in [1.165, 1.54) is 15.9 Å². The Morgan fingerprint density at radius 2 is 1.76 bits per heavy atom. The molecule has 3 heterocycles. The fourth-order valence-corrected chi connectivity index (χ4v) is 5.13. The Kier molecular flexibility index (Phi) is 5.39. The lowest BCUT2D eigenvalue weighted by atomic mass is 9.89. The Labute approximate surface area is 195 Å². The Morgan fingerprint density at radius 1 is 1.00 bits per heavy atom. The second-order valence-electron chi connectivity index (χ2n) is 8.94. The highest BCUT2D eigenvalue weighted by molar-refractivity contribution is 6.06. The van der Waals surface area contributed by atoms with Gasteiger partial charge in [-0.3, -0.25) is 29.3 Å². The number of nitrogens with one attached hydrogen (secondary N) is 1. The average Bonchev–Trinajstić information content (AvgIpc) is 3.41. The molecule has 0 aliphatic carbocycles. The van der Waals surface area contributed by atoms with Crippen LogP contribution in [0, 0.1) is 5.92 Å². The molecule has 1 unspecified atom stereocenters. The number of aliphatic carboxylic acids is 1. The number of hydrogen-bond acceptors (Lipinski definition) is 5. The van der Waals surface area contributed by atoms with Crippen LogP contribution in [0.5, 0.6) is 0 Å². The van der Waals surface area contributed by atoms with Crippen molar-refractivity contribution in [2.75, 3.05) is 13.1 Å². The minimum atomic E-state index is -0.951. The van der Waals surface area contributed by atoms with Gasteiger partial charge in [-0.05, 0) is 29.7 Å². The smallest absolute Gasteiger partial charge is 0.308 e. The number of hydrogen-bond donors (Lipinski definition) is 2. The summed E-state index contributed by atoms with van der Waals surface area (Å²) in [6.45, 7) is 0.587. The lowest BCUT2D eigenvalue weighted by molar-refractivity contribution is -0.141. The predicted octanol–water partition coefficient (Wildman–Crippen LogP) is 1.39. The number of piperidine rings is 1. The number of carbonyl (C=O) groups is 5. The molecule has 3 aliphatic rings. The molecule has 9 heteroatoms. The van der Waals surface area contributed by atoms with Crippen molar-refractivity contribution in [3.8, 4) is 0 Å². The molecule has 2 fully saturated rings. The van der Waals surface area contributed by atoms with Crippen molar-refractivity contribution in [1.82, 2.24) is 15.1 Å². The van der Waals surface area contributed by atoms with E-state index in [1.807, 2.05) is 30.3 Å². The van der Waals surface area contributed by atoms with E-state index in [-0.39, 0.29) is 56.1 Å². The molecule has 34 heavy (non-hydrogen) atoms. The van der Waals surface area contributed by atoms with E-state index in [0.717, 1.165) is 5.56 Å². The van der Waals surface area contributed by atoms with Gasteiger partial charge in [0.1, 0.15) is 6.04 Å². The number of benzene rings is 2. The second kappa shape index (κ2) is 8.40. The molecule has 2 N–H and O–H groups in total. The number of carbonyl (C=O) groups excluding carboxylic acids is 4. The van der Waals surface area contributed by atoms with E-state index in [4.69, 9.17) is 0 Å². The standard InChI is InChI=1S/C25H23N3O6/c29-21-9-8-20(22(30)26-21)28-11-16-7-6-15(10-17(16)24(28)32)23(31)27-12-18(19(13-27)25(33)34)14-4-2-1-3-5-14/h1-7,10,18-20H,8-9,11-13H2,(H,33,34)(H,26,29,30)/t18-,19+,20?/m0/s1. The van der Waals surface area contributed by atoms with Crippen LogP contribution in [0.4, 0.5) is 0 Å². The van der Waals surface area contributed by atoms with Gasteiger partial charge in [-0.2, -0.15) is 0 Å².